The minimum atomic E-state index is -0.563. The summed E-state index contributed by atoms with van der Waals surface area (Å²) >= 11 is 0. The molecule has 1 fully saturated rings. The molecule has 0 spiro atoms. The number of H-pyrrole nitrogens is 1. The van der Waals surface area contributed by atoms with E-state index in [1.165, 1.54) is 26.0 Å². The molecule has 1 saturated heterocycles. The summed E-state index contributed by atoms with van der Waals surface area (Å²) in [5, 5.41) is 2.90. The lowest BCUT2D eigenvalue weighted by molar-refractivity contribution is -0.120. The number of piperidine rings is 1. The number of methoxy groups -OCH3 is 1. The first-order valence-corrected chi connectivity index (χ1v) is 11.6. The fraction of sp³-hybridized carbons (Fsp3) is 0.500. The molecule has 33 heavy (non-hydrogen) atoms. The number of carbonyl (C=O) groups excluding carboxylic acids is 3. The molecule has 178 valence electrons. The van der Waals surface area contributed by atoms with Gasteiger partial charge in [0.2, 0.25) is 5.91 Å². The summed E-state index contributed by atoms with van der Waals surface area (Å²) in [6.07, 6.45) is 1.26. The van der Waals surface area contributed by atoms with Gasteiger partial charge in [-0.1, -0.05) is 38.1 Å². The van der Waals surface area contributed by atoms with Crippen molar-refractivity contribution in [3.8, 4) is 0 Å². The van der Waals surface area contributed by atoms with Crippen LogP contribution in [-0.4, -0.2) is 47.7 Å². The molecule has 2 atom stereocenters. The zero-order valence-corrected chi connectivity index (χ0v) is 20.3. The van der Waals surface area contributed by atoms with Gasteiger partial charge in [0.25, 0.3) is 0 Å². The number of aromatic amines is 1. The number of hydrogen-bond acceptors (Lipinski definition) is 5. The number of hydrogen-bond donors (Lipinski definition) is 2. The van der Waals surface area contributed by atoms with E-state index in [4.69, 9.17) is 4.74 Å². The minimum absolute atomic E-state index is 0.0397. The molecule has 1 amide bonds. The molecule has 0 bridgehead atoms. The number of amides is 1. The van der Waals surface area contributed by atoms with E-state index in [2.05, 4.69) is 41.2 Å². The Bertz CT molecular complexity index is 999. The normalized spacial score (nSPS) is 18.7. The first-order valence-electron chi connectivity index (χ1n) is 11.6. The first kappa shape index (κ1) is 24.7. The van der Waals surface area contributed by atoms with Gasteiger partial charge >= 0.3 is 5.97 Å². The second kappa shape index (κ2) is 10.8. The summed E-state index contributed by atoms with van der Waals surface area (Å²) in [5.41, 5.74) is 3.75. The largest absolute Gasteiger partial charge is 0.465 e. The van der Waals surface area contributed by atoms with Crippen LogP contribution in [0.5, 0.6) is 0 Å². The number of nitrogens with zero attached hydrogens (tertiary/aromatic N) is 1. The first-order chi connectivity index (χ1) is 15.7. The van der Waals surface area contributed by atoms with Crippen LogP contribution >= 0.6 is 0 Å². The number of ether oxygens (including phenoxy) is 1. The molecule has 2 N–H and O–H groups in total. The number of Topliss-reactive ketones (excluding diaryl/α,β-unsaturated/α-hetero) is 1. The Balaban J connectivity index is 1.57. The highest BCUT2D eigenvalue weighted by molar-refractivity contribution is 6.01. The van der Waals surface area contributed by atoms with E-state index in [9.17, 15) is 14.4 Å². The molecule has 3 rings (SSSR count). The van der Waals surface area contributed by atoms with Crippen LogP contribution in [0.15, 0.2) is 24.3 Å². The number of benzene rings is 1. The van der Waals surface area contributed by atoms with Gasteiger partial charge in [-0.2, -0.15) is 0 Å². The number of carbonyl (C=O) groups is 3. The second-order valence-electron chi connectivity index (χ2n) is 9.44. The summed E-state index contributed by atoms with van der Waals surface area (Å²) in [6, 6.07) is 8.32. The van der Waals surface area contributed by atoms with Gasteiger partial charge in [0.05, 0.1) is 24.8 Å². The maximum atomic E-state index is 12.6. The molecule has 1 aliphatic rings. The van der Waals surface area contributed by atoms with Gasteiger partial charge in [-0.25, -0.2) is 4.79 Å². The molecular formula is C26H35N3O4. The Hall–Kier alpha value is -2.93. The van der Waals surface area contributed by atoms with Crippen molar-refractivity contribution in [3.63, 3.8) is 0 Å². The van der Waals surface area contributed by atoms with Crippen LogP contribution in [0.3, 0.4) is 0 Å². The molecule has 1 aromatic carbocycles. The van der Waals surface area contributed by atoms with E-state index < -0.39 is 5.97 Å². The van der Waals surface area contributed by atoms with Crippen LogP contribution in [0.4, 0.5) is 0 Å². The van der Waals surface area contributed by atoms with Crippen molar-refractivity contribution < 1.29 is 19.1 Å². The SMILES string of the molecule is COC(=O)c1c(CC(=O)NCc2ccc(CN3CC(C)CC(C)C3)cc2)[nH]c(C(C)=O)c1C. The molecule has 2 unspecified atom stereocenters. The highest BCUT2D eigenvalue weighted by Gasteiger charge is 2.24. The molecule has 0 radical (unpaired) electrons. The van der Waals surface area contributed by atoms with Crippen molar-refractivity contribution >= 4 is 17.7 Å². The Morgan fingerprint density at radius 1 is 1.09 bits per heavy atom. The van der Waals surface area contributed by atoms with E-state index in [1.807, 2.05) is 12.1 Å². The number of esters is 1. The lowest BCUT2D eigenvalue weighted by Gasteiger charge is -2.35. The molecule has 2 heterocycles. The van der Waals surface area contributed by atoms with E-state index in [0.29, 0.717) is 23.5 Å². The average Bonchev–Trinajstić information content (AvgIpc) is 3.08. The fourth-order valence-corrected chi connectivity index (χ4v) is 4.89. The zero-order chi connectivity index (χ0) is 24.1. The Kier molecular flexibility index (Phi) is 8.08. The summed E-state index contributed by atoms with van der Waals surface area (Å²) in [7, 11) is 1.28. The topological polar surface area (TPSA) is 91.5 Å². The third-order valence-electron chi connectivity index (χ3n) is 6.27. The molecule has 0 aliphatic carbocycles. The van der Waals surface area contributed by atoms with Gasteiger partial charge in [-0.15, -0.1) is 0 Å². The average molecular weight is 454 g/mol. The summed E-state index contributed by atoms with van der Waals surface area (Å²) in [6.45, 7) is 11.3. The van der Waals surface area contributed by atoms with E-state index in [0.717, 1.165) is 37.0 Å². The van der Waals surface area contributed by atoms with Crippen molar-refractivity contribution in [2.24, 2.45) is 11.8 Å². The summed E-state index contributed by atoms with van der Waals surface area (Å²) < 4.78 is 4.83. The van der Waals surface area contributed by atoms with Crippen LogP contribution in [0.25, 0.3) is 0 Å². The van der Waals surface area contributed by atoms with E-state index in [1.54, 1.807) is 6.92 Å². The molecule has 1 aliphatic heterocycles. The molecule has 0 saturated carbocycles. The van der Waals surface area contributed by atoms with Gasteiger partial charge in [0.1, 0.15) is 0 Å². The number of nitrogens with one attached hydrogen (secondary N) is 2. The number of rotatable bonds is 8. The van der Waals surface area contributed by atoms with Gasteiger partial charge in [-0.05, 0) is 41.9 Å². The summed E-state index contributed by atoms with van der Waals surface area (Å²) in [5.74, 6) is 0.470. The molecule has 7 nitrogen and oxygen atoms in total. The molecular weight excluding hydrogens is 418 g/mol. The predicted molar refractivity (Wildman–Crippen MR) is 127 cm³/mol. The Labute approximate surface area is 195 Å². The van der Waals surface area contributed by atoms with Crippen LogP contribution in [0, 0.1) is 18.8 Å². The van der Waals surface area contributed by atoms with Crippen molar-refractivity contribution in [2.75, 3.05) is 20.2 Å². The number of likely N-dealkylation sites (tertiary alicyclic amines) is 1. The molecule has 1 aromatic heterocycles. The monoisotopic (exact) mass is 453 g/mol. The third-order valence-corrected chi connectivity index (χ3v) is 6.27. The van der Waals surface area contributed by atoms with Gasteiger partial charge < -0.3 is 15.0 Å². The third kappa shape index (κ3) is 6.32. The fourth-order valence-electron chi connectivity index (χ4n) is 4.89. The van der Waals surface area contributed by atoms with Gasteiger partial charge in [0.15, 0.2) is 5.78 Å². The van der Waals surface area contributed by atoms with Crippen molar-refractivity contribution in [3.05, 3.63) is 57.9 Å². The molecule has 7 heteroatoms. The Morgan fingerprint density at radius 3 is 2.27 bits per heavy atom. The van der Waals surface area contributed by atoms with Crippen LogP contribution < -0.4 is 5.32 Å². The minimum Gasteiger partial charge on any atom is -0.465 e. The summed E-state index contributed by atoms with van der Waals surface area (Å²) in [4.78, 5) is 42.0. The van der Waals surface area contributed by atoms with E-state index >= 15 is 0 Å². The second-order valence-corrected chi connectivity index (χ2v) is 9.44. The van der Waals surface area contributed by atoms with Crippen LogP contribution in [-0.2, 0) is 29.0 Å². The smallest absolute Gasteiger partial charge is 0.339 e. The quantitative estimate of drug-likeness (QED) is 0.470. The van der Waals surface area contributed by atoms with Crippen LogP contribution in [0.2, 0.25) is 0 Å². The van der Waals surface area contributed by atoms with Gasteiger partial charge in [-0.3, -0.25) is 14.5 Å². The maximum absolute atomic E-state index is 12.6. The van der Waals surface area contributed by atoms with Crippen LogP contribution in [0.1, 0.15) is 70.4 Å². The highest BCUT2D eigenvalue weighted by atomic mass is 16.5. The maximum Gasteiger partial charge on any atom is 0.339 e. The molecule has 2 aromatic rings. The Morgan fingerprint density at radius 2 is 1.70 bits per heavy atom. The number of aromatic nitrogens is 1. The van der Waals surface area contributed by atoms with Gasteiger partial charge in [0, 0.05) is 38.8 Å². The van der Waals surface area contributed by atoms with E-state index in [-0.39, 0.29) is 23.7 Å². The zero-order valence-electron chi connectivity index (χ0n) is 20.3. The predicted octanol–water partition coefficient (Wildman–Crippen LogP) is 3.65. The number of ketones is 1. The van der Waals surface area contributed by atoms with Crippen molar-refractivity contribution in [1.82, 2.24) is 15.2 Å². The lowest BCUT2D eigenvalue weighted by Crippen LogP contribution is -2.38. The highest BCUT2D eigenvalue weighted by Crippen LogP contribution is 2.23. The van der Waals surface area contributed by atoms with Crippen molar-refractivity contribution in [1.29, 1.82) is 0 Å². The van der Waals surface area contributed by atoms with Crippen molar-refractivity contribution in [2.45, 2.75) is 53.6 Å². The lowest BCUT2D eigenvalue weighted by atomic mass is 9.91. The standard InChI is InChI=1S/C26H35N3O4/c1-16-10-17(2)14-29(13-16)15-21-8-6-20(7-9-21)12-27-23(31)11-22-24(26(32)33-5)18(3)25(28-22)19(4)30/h6-9,16-17,28H,10-15H2,1-5H3,(H,27,31).